The van der Waals surface area contributed by atoms with Crippen molar-refractivity contribution < 1.29 is 9.53 Å². The Morgan fingerprint density at radius 1 is 1.33 bits per heavy atom. The van der Waals surface area contributed by atoms with Crippen molar-refractivity contribution in [2.45, 2.75) is 38.2 Å². The van der Waals surface area contributed by atoms with Crippen LogP contribution in [-0.2, 0) is 4.74 Å². The number of carbonyl (C=O) groups is 1. The van der Waals surface area contributed by atoms with Gasteiger partial charge in [0, 0.05) is 18.6 Å². The van der Waals surface area contributed by atoms with Crippen molar-refractivity contribution >= 4 is 29.0 Å². The minimum atomic E-state index is 0.0386. The maximum atomic E-state index is 12.1. The molecule has 4 heteroatoms. The molecule has 18 heavy (non-hydrogen) atoms. The molecule has 2 rings (SSSR count). The first-order valence-electron chi connectivity index (χ1n) is 6.27. The number of halogens is 2. The minimum Gasteiger partial charge on any atom is -0.378 e. The summed E-state index contributed by atoms with van der Waals surface area (Å²) in [5.74, 6) is 0.0386. The maximum Gasteiger partial charge on any atom is 0.164 e. The number of ether oxygens (including phenoxy) is 1. The average molecular weight is 287 g/mol. The van der Waals surface area contributed by atoms with Gasteiger partial charge in [-0.05, 0) is 37.8 Å². The van der Waals surface area contributed by atoms with Gasteiger partial charge in [0.05, 0.1) is 16.1 Å². The highest BCUT2D eigenvalue weighted by Gasteiger charge is 2.17. The van der Waals surface area contributed by atoms with E-state index in [0.29, 0.717) is 22.0 Å². The zero-order valence-corrected chi connectivity index (χ0v) is 11.6. The Labute approximate surface area is 117 Å². The Morgan fingerprint density at radius 2 is 2.17 bits per heavy atom. The zero-order valence-electron chi connectivity index (χ0n) is 10.1. The summed E-state index contributed by atoms with van der Waals surface area (Å²) in [4.78, 5) is 12.1. The van der Waals surface area contributed by atoms with Crippen LogP contribution < -0.4 is 0 Å². The molecule has 1 aliphatic rings. The third-order valence-corrected chi connectivity index (χ3v) is 4.04. The standard InChI is InChI=1S/C14H16Cl2O2/c15-12-6-3-5-11(14(12)16)13(17)8-7-10-4-1-2-9-18-10/h3,5-6,10H,1-2,4,7-9H2. The van der Waals surface area contributed by atoms with Gasteiger partial charge >= 0.3 is 0 Å². The fourth-order valence-electron chi connectivity index (χ4n) is 2.18. The fourth-order valence-corrected chi connectivity index (χ4v) is 2.59. The van der Waals surface area contributed by atoms with Crippen LogP contribution in [0.3, 0.4) is 0 Å². The smallest absolute Gasteiger partial charge is 0.164 e. The van der Waals surface area contributed by atoms with Crippen molar-refractivity contribution in [2.24, 2.45) is 0 Å². The molecule has 1 unspecified atom stereocenters. The summed E-state index contributed by atoms with van der Waals surface area (Å²) < 4.78 is 5.61. The quantitative estimate of drug-likeness (QED) is 0.761. The van der Waals surface area contributed by atoms with E-state index < -0.39 is 0 Å². The molecule has 1 saturated heterocycles. The van der Waals surface area contributed by atoms with Crippen LogP contribution in [0.4, 0.5) is 0 Å². The maximum absolute atomic E-state index is 12.1. The molecular weight excluding hydrogens is 271 g/mol. The summed E-state index contributed by atoms with van der Waals surface area (Å²) in [7, 11) is 0. The second-order valence-electron chi connectivity index (χ2n) is 4.55. The van der Waals surface area contributed by atoms with Crippen LogP contribution in [-0.4, -0.2) is 18.5 Å². The highest BCUT2D eigenvalue weighted by atomic mass is 35.5. The summed E-state index contributed by atoms with van der Waals surface area (Å²) in [5.41, 5.74) is 0.514. The molecule has 1 fully saturated rings. The molecule has 98 valence electrons. The van der Waals surface area contributed by atoms with Crippen molar-refractivity contribution in [1.82, 2.24) is 0 Å². The van der Waals surface area contributed by atoms with E-state index >= 15 is 0 Å². The molecule has 2 nitrogen and oxygen atoms in total. The largest absolute Gasteiger partial charge is 0.378 e. The van der Waals surface area contributed by atoms with Gasteiger partial charge < -0.3 is 4.74 Å². The predicted octanol–water partition coefficient (Wildman–Crippen LogP) is 4.53. The van der Waals surface area contributed by atoms with E-state index in [4.69, 9.17) is 27.9 Å². The summed E-state index contributed by atoms with van der Waals surface area (Å²) >= 11 is 11.9. The van der Waals surface area contributed by atoms with Crippen LogP contribution in [0.15, 0.2) is 18.2 Å². The summed E-state index contributed by atoms with van der Waals surface area (Å²) in [6, 6.07) is 5.15. The van der Waals surface area contributed by atoms with Crippen LogP contribution in [0.2, 0.25) is 10.0 Å². The van der Waals surface area contributed by atoms with Crippen LogP contribution in [0.5, 0.6) is 0 Å². The van der Waals surface area contributed by atoms with E-state index in [9.17, 15) is 4.79 Å². The lowest BCUT2D eigenvalue weighted by Gasteiger charge is -2.22. The van der Waals surface area contributed by atoms with Gasteiger partial charge in [0.25, 0.3) is 0 Å². The normalized spacial score (nSPS) is 19.8. The average Bonchev–Trinajstić information content (AvgIpc) is 2.40. The Hall–Kier alpha value is -0.570. The fraction of sp³-hybridized carbons (Fsp3) is 0.500. The molecule has 1 aromatic carbocycles. The molecule has 0 aromatic heterocycles. The molecule has 0 spiro atoms. The van der Waals surface area contributed by atoms with E-state index in [1.165, 1.54) is 6.42 Å². The van der Waals surface area contributed by atoms with Gasteiger partial charge in [-0.15, -0.1) is 0 Å². The van der Waals surface area contributed by atoms with Gasteiger partial charge in [-0.1, -0.05) is 29.3 Å². The van der Waals surface area contributed by atoms with Crippen LogP contribution >= 0.6 is 23.2 Å². The molecule has 0 amide bonds. The summed E-state index contributed by atoms with van der Waals surface area (Å²) in [6.45, 7) is 0.816. The number of benzene rings is 1. The van der Waals surface area contributed by atoms with Crippen molar-refractivity contribution in [3.8, 4) is 0 Å². The van der Waals surface area contributed by atoms with Crippen LogP contribution in [0, 0.1) is 0 Å². The Bertz CT molecular complexity index is 426. The second kappa shape index (κ2) is 6.55. The molecule has 0 aliphatic carbocycles. The van der Waals surface area contributed by atoms with Gasteiger partial charge in [0.2, 0.25) is 0 Å². The van der Waals surface area contributed by atoms with Crippen molar-refractivity contribution in [1.29, 1.82) is 0 Å². The van der Waals surface area contributed by atoms with E-state index in [0.717, 1.165) is 25.9 Å². The summed E-state index contributed by atoms with van der Waals surface area (Å²) in [5, 5.41) is 0.783. The number of carbonyl (C=O) groups excluding carboxylic acids is 1. The minimum absolute atomic E-state index is 0.0386. The van der Waals surface area contributed by atoms with Gasteiger partial charge in [-0.25, -0.2) is 0 Å². The van der Waals surface area contributed by atoms with Crippen LogP contribution in [0.25, 0.3) is 0 Å². The van der Waals surface area contributed by atoms with Gasteiger partial charge in [-0.2, -0.15) is 0 Å². The van der Waals surface area contributed by atoms with E-state index in [-0.39, 0.29) is 11.9 Å². The number of ketones is 1. The Morgan fingerprint density at radius 3 is 2.89 bits per heavy atom. The number of hydrogen-bond acceptors (Lipinski definition) is 2. The molecule has 1 heterocycles. The predicted molar refractivity (Wildman–Crippen MR) is 73.6 cm³/mol. The first kappa shape index (κ1) is 13.9. The Balaban J connectivity index is 1.93. The van der Waals surface area contributed by atoms with E-state index in [1.54, 1.807) is 18.2 Å². The molecule has 0 radical (unpaired) electrons. The SMILES string of the molecule is O=C(CCC1CCCCO1)c1cccc(Cl)c1Cl. The van der Waals surface area contributed by atoms with E-state index in [2.05, 4.69) is 0 Å². The first-order chi connectivity index (χ1) is 8.68. The van der Waals surface area contributed by atoms with Gasteiger partial charge in [-0.3, -0.25) is 4.79 Å². The Kier molecular flexibility index (Phi) is 5.04. The molecule has 1 aliphatic heterocycles. The molecule has 0 saturated carbocycles. The lowest BCUT2D eigenvalue weighted by atomic mass is 10.0. The second-order valence-corrected chi connectivity index (χ2v) is 5.34. The summed E-state index contributed by atoms with van der Waals surface area (Å²) in [6.07, 6.45) is 4.82. The topological polar surface area (TPSA) is 26.3 Å². The molecule has 0 N–H and O–H groups in total. The molecule has 0 bridgehead atoms. The highest BCUT2D eigenvalue weighted by molar-refractivity contribution is 6.43. The van der Waals surface area contributed by atoms with Crippen molar-refractivity contribution in [3.05, 3.63) is 33.8 Å². The number of hydrogen-bond donors (Lipinski definition) is 0. The lowest BCUT2D eigenvalue weighted by Crippen LogP contribution is -2.20. The van der Waals surface area contributed by atoms with Crippen molar-refractivity contribution in [2.75, 3.05) is 6.61 Å². The lowest BCUT2D eigenvalue weighted by molar-refractivity contribution is 0.0104. The van der Waals surface area contributed by atoms with Crippen LogP contribution in [0.1, 0.15) is 42.5 Å². The third-order valence-electron chi connectivity index (χ3n) is 3.22. The third kappa shape index (κ3) is 3.47. The van der Waals surface area contributed by atoms with Gasteiger partial charge in [0.15, 0.2) is 5.78 Å². The molecule has 1 atom stereocenters. The number of Topliss-reactive ketones (excluding diaryl/α,β-unsaturated/α-hetero) is 1. The number of rotatable bonds is 4. The molecule has 1 aromatic rings. The van der Waals surface area contributed by atoms with E-state index in [1.807, 2.05) is 0 Å². The van der Waals surface area contributed by atoms with Gasteiger partial charge in [0.1, 0.15) is 0 Å². The van der Waals surface area contributed by atoms with Crippen molar-refractivity contribution in [3.63, 3.8) is 0 Å². The molecular formula is C14H16Cl2O2. The monoisotopic (exact) mass is 286 g/mol. The zero-order chi connectivity index (χ0) is 13.0. The first-order valence-corrected chi connectivity index (χ1v) is 7.03. The highest BCUT2D eigenvalue weighted by Crippen LogP contribution is 2.27.